The van der Waals surface area contributed by atoms with Crippen molar-refractivity contribution in [1.29, 1.82) is 0 Å². The van der Waals surface area contributed by atoms with Crippen molar-refractivity contribution in [2.24, 2.45) is 5.92 Å². The number of hydrogen-bond acceptors (Lipinski definition) is 3. The van der Waals surface area contributed by atoms with Crippen LogP contribution < -0.4 is 5.32 Å². The van der Waals surface area contributed by atoms with Crippen molar-refractivity contribution in [3.8, 4) is 0 Å². The Hall–Kier alpha value is -1.35. The summed E-state index contributed by atoms with van der Waals surface area (Å²) in [4.78, 5) is 12.4. The van der Waals surface area contributed by atoms with E-state index in [9.17, 15) is 4.79 Å². The lowest BCUT2D eigenvalue weighted by atomic mass is 9.88. The van der Waals surface area contributed by atoms with Crippen LogP contribution in [0.25, 0.3) is 0 Å². The van der Waals surface area contributed by atoms with Crippen LogP contribution in [-0.4, -0.2) is 24.7 Å². The minimum Gasteiger partial charge on any atom is -0.460 e. The van der Waals surface area contributed by atoms with Gasteiger partial charge in [-0.1, -0.05) is 24.3 Å². The van der Waals surface area contributed by atoms with Gasteiger partial charge in [0.1, 0.15) is 5.60 Å². The maximum Gasteiger partial charge on any atom is 0.311 e. The summed E-state index contributed by atoms with van der Waals surface area (Å²) in [5, 5.41) is 3.34. The van der Waals surface area contributed by atoms with Crippen LogP contribution in [0.1, 0.15) is 56.6 Å². The Morgan fingerprint density at radius 3 is 2.29 bits per heavy atom. The van der Waals surface area contributed by atoms with Crippen LogP contribution in [0.15, 0.2) is 24.3 Å². The summed E-state index contributed by atoms with van der Waals surface area (Å²) in [6, 6.07) is 8.86. The molecule has 21 heavy (non-hydrogen) atoms. The zero-order chi connectivity index (χ0) is 15.0. The number of carbonyl (C=O) groups is 1. The molecular weight excluding hydrogens is 262 g/mol. The molecule has 1 aromatic carbocycles. The van der Waals surface area contributed by atoms with Crippen molar-refractivity contribution < 1.29 is 9.53 Å². The van der Waals surface area contributed by atoms with Crippen LogP contribution in [0.2, 0.25) is 0 Å². The van der Waals surface area contributed by atoms with Crippen molar-refractivity contribution in [1.82, 2.24) is 5.32 Å². The Morgan fingerprint density at radius 2 is 1.71 bits per heavy atom. The second-order valence-corrected chi connectivity index (χ2v) is 7.35. The molecule has 0 radical (unpaired) electrons. The Bertz CT molecular complexity index is 511. The number of nitrogens with one attached hydrogen (secondary N) is 1. The number of ether oxygens (including phenoxy) is 1. The minimum absolute atomic E-state index is 0.0731. The molecular formula is C18H25NO2. The van der Waals surface area contributed by atoms with Gasteiger partial charge in [0.05, 0.1) is 5.92 Å². The summed E-state index contributed by atoms with van der Waals surface area (Å²) >= 11 is 0. The quantitative estimate of drug-likeness (QED) is 0.868. The molecule has 1 saturated heterocycles. The lowest BCUT2D eigenvalue weighted by Gasteiger charge is -2.24. The first-order valence-corrected chi connectivity index (χ1v) is 7.97. The highest BCUT2D eigenvalue weighted by molar-refractivity contribution is 5.75. The van der Waals surface area contributed by atoms with E-state index < -0.39 is 5.60 Å². The number of hydrogen-bond donors (Lipinski definition) is 1. The average molecular weight is 287 g/mol. The van der Waals surface area contributed by atoms with Crippen LogP contribution in [0.5, 0.6) is 0 Å². The second kappa shape index (κ2) is 5.45. The van der Waals surface area contributed by atoms with Crippen LogP contribution in [-0.2, 0) is 9.53 Å². The molecule has 2 atom stereocenters. The Morgan fingerprint density at radius 1 is 1.10 bits per heavy atom. The molecule has 3 heteroatoms. The molecule has 2 fully saturated rings. The van der Waals surface area contributed by atoms with E-state index in [0.29, 0.717) is 6.54 Å². The predicted molar refractivity (Wildman–Crippen MR) is 83.4 cm³/mol. The largest absolute Gasteiger partial charge is 0.460 e. The van der Waals surface area contributed by atoms with Gasteiger partial charge in [0.2, 0.25) is 0 Å². The van der Waals surface area contributed by atoms with Gasteiger partial charge >= 0.3 is 5.97 Å². The van der Waals surface area contributed by atoms with E-state index in [0.717, 1.165) is 12.5 Å². The van der Waals surface area contributed by atoms with E-state index in [1.807, 2.05) is 20.8 Å². The van der Waals surface area contributed by atoms with E-state index in [4.69, 9.17) is 4.74 Å². The molecule has 0 bridgehead atoms. The van der Waals surface area contributed by atoms with Gasteiger partial charge in [-0.3, -0.25) is 4.79 Å². The van der Waals surface area contributed by atoms with Gasteiger partial charge in [-0.05, 0) is 50.7 Å². The molecule has 3 rings (SSSR count). The maximum atomic E-state index is 12.4. The Labute approximate surface area is 127 Å². The SMILES string of the molecule is CC(C)(C)OC(=O)C1CNCC1c1ccc(C2CC2)cc1. The summed E-state index contributed by atoms with van der Waals surface area (Å²) in [5.41, 5.74) is 2.28. The molecule has 1 aromatic rings. The van der Waals surface area contributed by atoms with E-state index in [-0.39, 0.29) is 17.8 Å². The molecule has 1 heterocycles. The van der Waals surface area contributed by atoms with E-state index >= 15 is 0 Å². The standard InChI is InChI=1S/C18H25NO2/c1-18(2,3)21-17(20)16-11-19-10-15(16)14-8-6-13(7-9-14)12-4-5-12/h6-9,12,15-16,19H,4-5,10-11H2,1-3H3. The van der Waals surface area contributed by atoms with E-state index in [1.165, 1.54) is 24.0 Å². The summed E-state index contributed by atoms with van der Waals surface area (Å²) < 4.78 is 5.57. The van der Waals surface area contributed by atoms with Crippen molar-refractivity contribution in [2.75, 3.05) is 13.1 Å². The summed E-state index contributed by atoms with van der Waals surface area (Å²) in [7, 11) is 0. The zero-order valence-corrected chi connectivity index (χ0v) is 13.2. The molecule has 2 aliphatic rings. The third-order valence-corrected chi connectivity index (χ3v) is 4.34. The lowest BCUT2D eigenvalue weighted by molar-refractivity contribution is -0.159. The summed E-state index contributed by atoms with van der Waals surface area (Å²) in [6.07, 6.45) is 2.65. The van der Waals surface area contributed by atoms with Crippen LogP contribution >= 0.6 is 0 Å². The highest BCUT2D eigenvalue weighted by Crippen LogP contribution is 2.40. The molecule has 2 unspecified atom stereocenters. The van der Waals surface area contributed by atoms with Crippen molar-refractivity contribution in [2.45, 2.75) is 51.0 Å². The molecule has 1 aliphatic heterocycles. The maximum absolute atomic E-state index is 12.4. The van der Waals surface area contributed by atoms with Crippen molar-refractivity contribution >= 4 is 5.97 Å². The summed E-state index contributed by atoms with van der Waals surface area (Å²) in [5.74, 6) is 0.857. The average Bonchev–Trinajstić information content (AvgIpc) is 3.14. The van der Waals surface area contributed by atoms with Crippen LogP contribution in [0.4, 0.5) is 0 Å². The fourth-order valence-corrected chi connectivity index (χ4v) is 3.09. The minimum atomic E-state index is -0.417. The molecule has 114 valence electrons. The number of carbonyl (C=O) groups excluding carboxylic acids is 1. The van der Waals surface area contributed by atoms with Gasteiger partial charge in [0.15, 0.2) is 0 Å². The molecule has 1 N–H and O–H groups in total. The van der Waals surface area contributed by atoms with E-state index in [2.05, 4.69) is 29.6 Å². The van der Waals surface area contributed by atoms with E-state index in [1.54, 1.807) is 0 Å². The zero-order valence-electron chi connectivity index (χ0n) is 13.2. The van der Waals surface area contributed by atoms with Crippen LogP contribution in [0, 0.1) is 5.92 Å². The molecule has 1 aliphatic carbocycles. The number of esters is 1. The Kier molecular flexibility index (Phi) is 3.78. The Balaban J connectivity index is 1.72. The number of benzene rings is 1. The topological polar surface area (TPSA) is 38.3 Å². The first-order chi connectivity index (χ1) is 9.94. The van der Waals surface area contributed by atoms with Gasteiger partial charge in [-0.25, -0.2) is 0 Å². The van der Waals surface area contributed by atoms with Gasteiger partial charge in [0, 0.05) is 19.0 Å². The van der Waals surface area contributed by atoms with Gasteiger partial charge in [-0.2, -0.15) is 0 Å². The molecule has 0 amide bonds. The predicted octanol–water partition coefficient (Wildman–Crippen LogP) is 3.21. The highest BCUT2D eigenvalue weighted by Gasteiger charge is 2.37. The third kappa shape index (κ3) is 3.46. The van der Waals surface area contributed by atoms with Gasteiger partial charge in [0.25, 0.3) is 0 Å². The first-order valence-electron chi connectivity index (χ1n) is 7.97. The summed E-state index contributed by atoms with van der Waals surface area (Å²) in [6.45, 7) is 7.34. The smallest absolute Gasteiger partial charge is 0.311 e. The second-order valence-electron chi connectivity index (χ2n) is 7.35. The van der Waals surface area contributed by atoms with Crippen LogP contribution in [0.3, 0.4) is 0 Å². The van der Waals surface area contributed by atoms with Crippen molar-refractivity contribution in [3.05, 3.63) is 35.4 Å². The lowest BCUT2D eigenvalue weighted by Crippen LogP contribution is -2.31. The number of rotatable bonds is 3. The fraction of sp³-hybridized carbons (Fsp3) is 0.611. The monoisotopic (exact) mass is 287 g/mol. The fourth-order valence-electron chi connectivity index (χ4n) is 3.09. The van der Waals surface area contributed by atoms with Crippen molar-refractivity contribution in [3.63, 3.8) is 0 Å². The van der Waals surface area contributed by atoms with Gasteiger partial charge < -0.3 is 10.1 Å². The molecule has 3 nitrogen and oxygen atoms in total. The third-order valence-electron chi connectivity index (χ3n) is 4.34. The molecule has 0 aromatic heterocycles. The first kappa shape index (κ1) is 14.6. The molecule has 1 saturated carbocycles. The highest BCUT2D eigenvalue weighted by atomic mass is 16.6. The van der Waals surface area contributed by atoms with Gasteiger partial charge in [-0.15, -0.1) is 0 Å². The molecule has 0 spiro atoms. The normalized spacial score (nSPS) is 25.9.